The molecule has 5 nitrogen and oxygen atoms in total. The van der Waals surface area contributed by atoms with Gasteiger partial charge in [-0.05, 0) is 30.7 Å². The highest BCUT2D eigenvalue weighted by Gasteiger charge is 2.42. The Balaban J connectivity index is 1.99. The molecule has 0 unspecified atom stereocenters. The quantitative estimate of drug-likeness (QED) is 0.779. The van der Waals surface area contributed by atoms with Crippen LogP contribution >= 0.6 is 0 Å². The second-order valence-electron chi connectivity index (χ2n) is 4.81. The summed E-state index contributed by atoms with van der Waals surface area (Å²) < 4.78 is 28.2. The van der Waals surface area contributed by atoms with E-state index in [-0.39, 0.29) is 12.0 Å². The van der Waals surface area contributed by atoms with Gasteiger partial charge in [-0.25, -0.2) is 13.1 Å². The molecule has 0 spiro atoms. The van der Waals surface area contributed by atoms with Crippen LogP contribution in [0.3, 0.4) is 0 Å². The number of aromatic nitrogens is 1. The molecule has 0 saturated heterocycles. The Morgan fingerprint density at radius 1 is 1.53 bits per heavy atom. The Hall–Kier alpha value is -0.850. The molecule has 0 aromatic carbocycles. The highest BCUT2D eigenvalue weighted by molar-refractivity contribution is 7.89. The number of aryl methyl sites for hydroxylation is 1. The van der Waals surface area contributed by atoms with Crippen molar-refractivity contribution in [3.05, 3.63) is 18.5 Å². The molecule has 6 heteroatoms. The molecule has 0 bridgehead atoms. The third-order valence-electron chi connectivity index (χ3n) is 3.35. The highest BCUT2D eigenvalue weighted by atomic mass is 32.2. The van der Waals surface area contributed by atoms with Crippen LogP contribution in [0.25, 0.3) is 0 Å². The van der Waals surface area contributed by atoms with Gasteiger partial charge in [0.2, 0.25) is 10.0 Å². The van der Waals surface area contributed by atoms with Crippen LogP contribution in [0.2, 0.25) is 0 Å². The van der Waals surface area contributed by atoms with Crippen molar-refractivity contribution in [2.45, 2.75) is 24.2 Å². The molecular weight excluding hydrogens is 240 g/mol. The van der Waals surface area contributed by atoms with Crippen LogP contribution in [-0.2, 0) is 17.1 Å². The summed E-state index contributed by atoms with van der Waals surface area (Å²) in [5.41, 5.74) is -0.00337. The van der Waals surface area contributed by atoms with Crippen LogP contribution in [0.5, 0.6) is 0 Å². The number of nitrogens with zero attached hydrogens (tertiary/aromatic N) is 1. The molecular formula is C11H18N2O3S. The molecule has 1 aliphatic carbocycles. The predicted molar refractivity (Wildman–Crippen MR) is 64.0 cm³/mol. The lowest BCUT2D eigenvalue weighted by atomic mass is 10.0. The summed E-state index contributed by atoms with van der Waals surface area (Å²) in [5.74, 6) is 0. The molecule has 0 atom stereocenters. The van der Waals surface area contributed by atoms with Crippen molar-refractivity contribution >= 4 is 10.0 Å². The van der Waals surface area contributed by atoms with Crippen LogP contribution in [0.4, 0.5) is 0 Å². The summed E-state index contributed by atoms with van der Waals surface area (Å²) >= 11 is 0. The summed E-state index contributed by atoms with van der Waals surface area (Å²) in [7, 11) is -1.62. The van der Waals surface area contributed by atoms with Crippen molar-refractivity contribution in [1.82, 2.24) is 9.29 Å². The van der Waals surface area contributed by atoms with Gasteiger partial charge in [-0.15, -0.1) is 0 Å². The van der Waals surface area contributed by atoms with E-state index in [4.69, 9.17) is 5.11 Å². The number of hydrogen-bond acceptors (Lipinski definition) is 3. The molecule has 96 valence electrons. The molecule has 1 aliphatic rings. The molecule has 2 rings (SSSR count). The minimum absolute atomic E-state index is 0.00337. The van der Waals surface area contributed by atoms with E-state index in [1.54, 1.807) is 30.1 Å². The van der Waals surface area contributed by atoms with Crippen molar-refractivity contribution < 1.29 is 13.5 Å². The van der Waals surface area contributed by atoms with Gasteiger partial charge >= 0.3 is 0 Å². The first-order valence-corrected chi connectivity index (χ1v) is 7.18. The average Bonchev–Trinajstić information content (AvgIpc) is 2.89. The van der Waals surface area contributed by atoms with E-state index in [0.29, 0.717) is 17.9 Å². The van der Waals surface area contributed by atoms with Gasteiger partial charge in [-0.1, -0.05) is 0 Å². The summed E-state index contributed by atoms with van der Waals surface area (Å²) in [6.07, 6.45) is 5.93. The van der Waals surface area contributed by atoms with Gasteiger partial charge in [0.25, 0.3) is 0 Å². The highest BCUT2D eigenvalue weighted by Crippen LogP contribution is 2.48. The minimum atomic E-state index is -3.40. The second-order valence-corrected chi connectivity index (χ2v) is 6.58. The van der Waals surface area contributed by atoms with Crippen LogP contribution in [0.1, 0.15) is 19.3 Å². The van der Waals surface area contributed by atoms with Crippen molar-refractivity contribution in [3.8, 4) is 0 Å². The van der Waals surface area contributed by atoms with E-state index < -0.39 is 10.0 Å². The number of hydrogen-bond donors (Lipinski definition) is 2. The molecule has 1 heterocycles. The van der Waals surface area contributed by atoms with Gasteiger partial charge in [-0.3, -0.25) is 0 Å². The Morgan fingerprint density at radius 3 is 2.71 bits per heavy atom. The first-order chi connectivity index (χ1) is 7.97. The van der Waals surface area contributed by atoms with Crippen LogP contribution in [-0.4, -0.2) is 31.2 Å². The molecule has 17 heavy (non-hydrogen) atoms. The molecule has 0 amide bonds. The van der Waals surface area contributed by atoms with E-state index in [9.17, 15) is 8.42 Å². The maximum Gasteiger partial charge on any atom is 0.242 e. The van der Waals surface area contributed by atoms with Gasteiger partial charge in [0.1, 0.15) is 0 Å². The topological polar surface area (TPSA) is 71.3 Å². The summed E-state index contributed by atoms with van der Waals surface area (Å²) in [4.78, 5) is 0.291. The second kappa shape index (κ2) is 4.44. The maximum atomic E-state index is 11.9. The van der Waals surface area contributed by atoms with E-state index in [1.807, 2.05) is 0 Å². The SMILES string of the molecule is Cn1ccc(S(=O)(=O)NCC2(CCO)CC2)c1. The van der Waals surface area contributed by atoms with E-state index in [0.717, 1.165) is 12.8 Å². The summed E-state index contributed by atoms with van der Waals surface area (Å²) in [5, 5.41) is 8.91. The van der Waals surface area contributed by atoms with Gasteiger partial charge in [-0.2, -0.15) is 0 Å². The molecule has 0 radical (unpaired) electrons. The van der Waals surface area contributed by atoms with Crippen LogP contribution in [0.15, 0.2) is 23.4 Å². The monoisotopic (exact) mass is 258 g/mol. The zero-order chi connectivity index (χ0) is 12.5. The van der Waals surface area contributed by atoms with Crippen molar-refractivity contribution in [1.29, 1.82) is 0 Å². The van der Waals surface area contributed by atoms with Crippen molar-refractivity contribution in [2.75, 3.05) is 13.2 Å². The Labute approximate surface area is 102 Å². The summed E-state index contributed by atoms with van der Waals surface area (Å²) in [6, 6.07) is 1.58. The third-order valence-corrected chi connectivity index (χ3v) is 4.74. The fourth-order valence-corrected chi connectivity index (χ4v) is 3.11. The normalized spacial score (nSPS) is 18.2. The zero-order valence-electron chi connectivity index (χ0n) is 9.89. The standard InChI is InChI=1S/C11H18N2O3S/c1-13-6-2-10(8-13)17(15,16)12-9-11(3-4-11)5-7-14/h2,6,8,12,14H,3-5,7,9H2,1H3. The first kappa shape index (κ1) is 12.6. The van der Waals surface area contributed by atoms with E-state index in [1.165, 1.54) is 0 Å². The Morgan fingerprint density at radius 2 is 2.24 bits per heavy atom. The lowest BCUT2D eigenvalue weighted by Gasteiger charge is -2.14. The Kier molecular flexibility index (Phi) is 3.29. The fourth-order valence-electron chi connectivity index (χ4n) is 1.90. The van der Waals surface area contributed by atoms with Crippen molar-refractivity contribution in [3.63, 3.8) is 0 Å². The molecule has 0 aliphatic heterocycles. The average molecular weight is 258 g/mol. The Bertz CT molecular complexity index is 489. The third kappa shape index (κ3) is 2.88. The lowest BCUT2D eigenvalue weighted by molar-refractivity contribution is 0.249. The number of aliphatic hydroxyl groups is 1. The summed E-state index contributed by atoms with van der Waals surface area (Å²) in [6.45, 7) is 0.540. The fraction of sp³-hybridized carbons (Fsp3) is 0.636. The number of rotatable bonds is 6. The van der Waals surface area contributed by atoms with Crippen molar-refractivity contribution in [2.24, 2.45) is 12.5 Å². The lowest BCUT2D eigenvalue weighted by Crippen LogP contribution is -2.30. The molecule has 2 N–H and O–H groups in total. The first-order valence-electron chi connectivity index (χ1n) is 5.70. The molecule has 1 aromatic rings. The minimum Gasteiger partial charge on any atom is -0.396 e. The number of sulfonamides is 1. The van der Waals surface area contributed by atoms with Gasteiger partial charge in [0.15, 0.2) is 0 Å². The maximum absolute atomic E-state index is 11.9. The van der Waals surface area contributed by atoms with Crippen LogP contribution < -0.4 is 4.72 Å². The smallest absolute Gasteiger partial charge is 0.242 e. The van der Waals surface area contributed by atoms with E-state index >= 15 is 0 Å². The van der Waals surface area contributed by atoms with Crippen LogP contribution in [0, 0.1) is 5.41 Å². The predicted octanol–water partition coefficient (Wildman–Crippen LogP) is 0.466. The van der Waals surface area contributed by atoms with Gasteiger partial charge < -0.3 is 9.67 Å². The molecule has 1 aromatic heterocycles. The number of nitrogens with one attached hydrogen (secondary N) is 1. The van der Waals surface area contributed by atoms with Gasteiger partial charge in [0.05, 0.1) is 4.90 Å². The zero-order valence-corrected chi connectivity index (χ0v) is 10.7. The molecule has 1 fully saturated rings. The molecule has 1 saturated carbocycles. The van der Waals surface area contributed by atoms with E-state index in [2.05, 4.69) is 4.72 Å². The largest absolute Gasteiger partial charge is 0.396 e. The van der Waals surface area contributed by atoms with Gasteiger partial charge in [0, 0.05) is 32.6 Å². The number of aliphatic hydroxyl groups excluding tert-OH is 1.